The molecule has 1 nitrogen and oxygen atoms in total. The fraction of sp³-hybridized carbons (Fsp3) is 0.538. The van der Waals surface area contributed by atoms with Crippen LogP contribution in [0.15, 0.2) is 22.7 Å². The summed E-state index contributed by atoms with van der Waals surface area (Å²) < 4.78 is 13.9. The van der Waals surface area contributed by atoms with Gasteiger partial charge in [-0.3, -0.25) is 0 Å². The van der Waals surface area contributed by atoms with Crippen LogP contribution < -0.4 is 5.32 Å². The van der Waals surface area contributed by atoms with Crippen LogP contribution in [0.2, 0.25) is 0 Å². The molecule has 1 N–H and O–H groups in total. The van der Waals surface area contributed by atoms with E-state index < -0.39 is 0 Å². The van der Waals surface area contributed by atoms with Crippen molar-refractivity contribution in [2.24, 2.45) is 5.92 Å². The Morgan fingerprint density at radius 3 is 2.75 bits per heavy atom. The lowest BCUT2D eigenvalue weighted by Gasteiger charge is -2.16. The van der Waals surface area contributed by atoms with E-state index in [0.29, 0.717) is 10.4 Å². The molecule has 3 heteroatoms. The van der Waals surface area contributed by atoms with Gasteiger partial charge in [0.2, 0.25) is 0 Å². The van der Waals surface area contributed by atoms with E-state index in [9.17, 15) is 4.39 Å². The molecule has 1 atom stereocenters. The SMILES string of the molecule is CCNCC(CC)Cc1cccc(F)c1Br. The van der Waals surface area contributed by atoms with Crippen molar-refractivity contribution < 1.29 is 4.39 Å². The van der Waals surface area contributed by atoms with E-state index in [1.54, 1.807) is 6.07 Å². The van der Waals surface area contributed by atoms with Gasteiger partial charge < -0.3 is 5.32 Å². The normalized spacial score (nSPS) is 12.8. The molecule has 0 heterocycles. The number of rotatable bonds is 6. The second-order valence-corrected chi connectivity index (χ2v) is 4.79. The van der Waals surface area contributed by atoms with E-state index in [0.717, 1.165) is 31.5 Å². The maximum atomic E-state index is 13.3. The summed E-state index contributed by atoms with van der Waals surface area (Å²) >= 11 is 3.31. The number of halogens is 2. The third-order valence-corrected chi connectivity index (χ3v) is 3.69. The lowest BCUT2D eigenvalue weighted by Crippen LogP contribution is -2.23. The van der Waals surface area contributed by atoms with Crippen molar-refractivity contribution >= 4 is 15.9 Å². The standard InChI is InChI=1S/C13H19BrFN/c1-3-10(9-16-4-2)8-11-6-5-7-12(15)13(11)14/h5-7,10,16H,3-4,8-9H2,1-2H3. The van der Waals surface area contributed by atoms with E-state index in [2.05, 4.69) is 35.1 Å². The second kappa shape index (κ2) is 7.02. The van der Waals surface area contributed by atoms with Crippen LogP contribution >= 0.6 is 15.9 Å². The van der Waals surface area contributed by atoms with Gasteiger partial charge >= 0.3 is 0 Å². The molecular formula is C13H19BrFN. The first-order chi connectivity index (χ1) is 7.69. The molecular weight excluding hydrogens is 269 g/mol. The highest BCUT2D eigenvalue weighted by molar-refractivity contribution is 9.10. The van der Waals surface area contributed by atoms with Gasteiger partial charge in [-0.05, 0) is 53.0 Å². The number of nitrogens with one attached hydrogen (secondary N) is 1. The Labute approximate surface area is 106 Å². The Morgan fingerprint density at radius 2 is 2.12 bits per heavy atom. The summed E-state index contributed by atoms with van der Waals surface area (Å²) in [5, 5.41) is 3.34. The second-order valence-electron chi connectivity index (χ2n) is 4.00. The molecule has 1 unspecified atom stereocenters. The number of benzene rings is 1. The smallest absolute Gasteiger partial charge is 0.137 e. The first-order valence-electron chi connectivity index (χ1n) is 5.82. The summed E-state index contributed by atoms with van der Waals surface area (Å²) in [7, 11) is 0. The Kier molecular flexibility index (Phi) is 5.99. The van der Waals surface area contributed by atoms with Gasteiger partial charge in [0, 0.05) is 0 Å². The van der Waals surface area contributed by atoms with Gasteiger partial charge in [-0.1, -0.05) is 32.4 Å². The molecule has 16 heavy (non-hydrogen) atoms. The molecule has 0 saturated heterocycles. The van der Waals surface area contributed by atoms with Gasteiger partial charge in [0.1, 0.15) is 5.82 Å². The van der Waals surface area contributed by atoms with Crippen LogP contribution in [-0.2, 0) is 6.42 Å². The lowest BCUT2D eigenvalue weighted by molar-refractivity contribution is 0.465. The van der Waals surface area contributed by atoms with Gasteiger partial charge in [-0.15, -0.1) is 0 Å². The molecule has 0 spiro atoms. The molecule has 1 rings (SSSR count). The van der Waals surface area contributed by atoms with E-state index in [-0.39, 0.29) is 5.82 Å². The number of hydrogen-bond donors (Lipinski definition) is 1. The first kappa shape index (κ1) is 13.7. The van der Waals surface area contributed by atoms with E-state index in [1.807, 2.05) is 6.07 Å². The molecule has 0 fully saturated rings. The largest absolute Gasteiger partial charge is 0.317 e. The van der Waals surface area contributed by atoms with Crippen LogP contribution in [0.25, 0.3) is 0 Å². The summed E-state index contributed by atoms with van der Waals surface area (Å²) in [4.78, 5) is 0. The predicted molar refractivity (Wildman–Crippen MR) is 70.1 cm³/mol. The average Bonchev–Trinajstić information content (AvgIpc) is 2.30. The van der Waals surface area contributed by atoms with Gasteiger partial charge in [0.05, 0.1) is 4.47 Å². The van der Waals surface area contributed by atoms with Crippen LogP contribution in [-0.4, -0.2) is 13.1 Å². The van der Waals surface area contributed by atoms with Crippen molar-refractivity contribution in [1.29, 1.82) is 0 Å². The molecule has 0 bridgehead atoms. The predicted octanol–water partition coefficient (Wildman–Crippen LogP) is 3.77. The van der Waals surface area contributed by atoms with Gasteiger partial charge in [-0.25, -0.2) is 4.39 Å². The van der Waals surface area contributed by atoms with Crippen molar-refractivity contribution in [2.75, 3.05) is 13.1 Å². The average molecular weight is 288 g/mol. The minimum absolute atomic E-state index is 0.171. The zero-order chi connectivity index (χ0) is 12.0. The molecule has 0 aliphatic carbocycles. The zero-order valence-corrected chi connectivity index (χ0v) is 11.5. The summed E-state index contributed by atoms with van der Waals surface area (Å²) in [6.07, 6.45) is 2.03. The monoisotopic (exact) mass is 287 g/mol. The van der Waals surface area contributed by atoms with Crippen LogP contribution in [0.1, 0.15) is 25.8 Å². The third-order valence-electron chi connectivity index (χ3n) is 2.80. The van der Waals surface area contributed by atoms with Crippen LogP contribution in [0, 0.1) is 11.7 Å². The molecule has 0 aliphatic heterocycles. The van der Waals surface area contributed by atoms with Gasteiger partial charge in [0.15, 0.2) is 0 Å². The van der Waals surface area contributed by atoms with Crippen molar-refractivity contribution in [3.05, 3.63) is 34.1 Å². The maximum Gasteiger partial charge on any atom is 0.137 e. The fourth-order valence-corrected chi connectivity index (χ4v) is 2.15. The molecule has 90 valence electrons. The van der Waals surface area contributed by atoms with Crippen LogP contribution in [0.4, 0.5) is 4.39 Å². The number of hydrogen-bond acceptors (Lipinski definition) is 1. The minimum Gasteiger partial charge on any atom is -0.317 e. The fourth-order valence-electron chi connectivity index (χ4n) is 1.73. The quantitative estimate of drug-likeness (QED) is 0.840. The van der Waals surface area contributed by atoms with Crippen molar-refractivity contribution in [2.45, 2.75) is 26.7 Å². The van der Waals surface area contributed by atoms with E-state index >= 15 is 0 Å². The maximum absolute atomic E-state index is 13.3. The van der Waals surface area contributed by atoms with E-state index in [1.165, 1.54) is 6.07 Å². The molecule has 0 aromatic heterocycles. The highest BCUT2D eigenvalue weighted by Crippen LogP contribution is 2.23. The Hall–Kier alpha value is -0.410. The molecule has 1 aromatic rings. The van der Waals surface area contributed by atoms with E-state index in [4.69, 9.17) is 0 Å². The Bertz CT molecular complexity index is 328. The summed E-state index contributed by atoms with van der Waals surface area (Å²) in [5.74, 6) is 0.397. The zero-order valence-electron chi connectivity index (χ0n) is 9.89. The molecule has 1 aromatic carbocycles. The van der Waals surface area contributed by atoms with Gasteiger partial charge in [-0.2, -0.15) is 0 Å². The minimum atomic E-state index is -0.171. The van der Waals surface area contributed by atoms with Crippen molar-refractivity contribution in [1.82, 2.24) is 5.32 Å². The molecule has 0 saturated carbocycles. The third kappa shape index (κ3) is 3.87. The Balaban J connectivity index is 2.66. The van der Waals surface area contributed by atoms with Crippen molar-refractivity contribution in [3.63, 3.8) is 0 Å². The van der Waals surface area contributed by atoms with Crippen LogP contribution in [0.3, 0.4) is 0 Å². The lowest BCUT2D eigenvalue weighted by atomic mass is 9.97. The highest BCUT2D eigenvalue weighted by atomic mass is 79.9. The van der Waals surface area contributed by atoms with Crippen molar-refractivity contribution in [3.8, 4) is 0 Å². The first-order valence-corrected chi connectivity index (χ1v) is 6.61. The molecule has 0 radical (unpaired) electrons. The van der Waals surface area contributed by atoms with Gasteiger partial charge in [0.25, 0.3) is 0 Å². The Morgan fingerprint density at radius 1 is 1.38 bits per heavy atom. The molecule has 0 aliphatic rings. The highest BCUT2D eigenvalue weighted by Gasteiger charge is 2.11. The van der Waals surface area contributed by atoms with Crippen LogP contribution in [0.5, 0.6) is 0 Å². The topological polar surface area (TPSA) is 12.0 Å². The summed E-state index contributed by atoms with van der Waals surface area (Å²) in [6, 6.07) is 5.25. The molecule has 0 amide bonds. The summed E-state index contributed by atoms with van der Waals surface area (Å²) in [5.41, 5.74) is 1.06. The summed E-state index contributed by atoms with van der Waals surface area (Å²) in [6.45, 7) is 6.26.